The number of nitro groups is 1. The van der Waals surface area contributed by atoms with Gasteiger partial charge in [-0.25, -0.2) is 4.39 Å². The highest BCUT2D eigenvalue weighted by molar-refractivity contribution is 7.12. The van der Waals surface area contributed by atoms with Crippen molar-refractivity contribution >= 4 is 22.7 Å². The molecule has 1 aromatic heterocycles. The zero-order chi connectivity index (χ0) is 14.9. The van der Waals surface area contributed by atoms with Crippen LogP contribution in [0.25, 0.3) is 0 Å². The second-order valence-electron chi connectivity index (χ2n) is 4.69. The summed E-state index contributed by atoms with van der Waals surface area (Å²) >= 11 is 1.63. The van der Waals surface area contributed by atoms with Crippen LogP contribution in [0.4, 0.5) is 15.8 Å². The molecule has 4 nitrogen and oxygen atoms in total. The molecule has 1 atom stereocenters. The van der Waals surface area contributed by atoms with E-state index in [0.29, 0.717) is 11.3 Å². The van der Waals surface area contributed by atoms with Crippen LogP contribution < -0.4 is 5.32 Å². The molecule has 106 valence electrons. The number of nitro benzene ring substituents is 1. The first-order valence-electron chi connectivity index (χ1n) is 6.16. The highest BCUT2D eigenvalue weighted by Gasteiger charge is 2.19. The number of hydrogen-bond acceptors (Lipinski definition) is 4. The molecule has 1 aromatic carbocycles. The smallest absolute Gasteiger partial charge is 0.295 e. The highest BCUT2D eigenvalue weighted by Crippen LogP contribution is 2.32. The minimum Gasteiger partial charge on any atom is -0.372 e. The molecule has 0 aliphatic carbocycles. The van der Waals surface area contributed by atoms with Crippen molar-refractivity contribution in [1.29, 1.82) is 0 Å². The topological polar surface area (TPSA) is 55.2 Å². The second-order valence-corrected chi connectivity index (χ2v) is 6.01. The Kier molecular flexibility index (Phi) is 4.04. The van der Waals surface area contributed by atoms with E-state index in [-0.39, 0.29) is 11.7 Å². The van der Waals surface area contributed by atoms with E-state index < -0.39 is 10.7 Å². The van der Waals surface area contributed by atoms with Gasteiger partial charge in [-0.15, -0.1) is 11.3 Å². The largest absolute Gasteiger partial charge is 0.372 e. The molecule has 1 heterocycles. The van der Waals surface area contributed by atoms with Gasteiger partial charge in [0.05, 0.1) is 17.0 Å². The van der Waals surface area contributed by atoms with Gasteiger partial charge in [0.25, 0.3) is 5.69 Å². The molecule has 0 bridgehead atoms. The summed E-state index contributed by atoms with van der Waals surface area (Å²) in [6.07, 6.45) is 0. The van der Waals surface area contributed by atoms with E-state index in [2.05, 4.69) is 5.32 Å². The van der Waals surface area contributed by atoms with Gasteiger partial charge in [-0.3, -0.25) is 10.1 Å². The van der Waals surface area contributed by atoms with Crippen LogP contribution >= 0.6 is 11.3 Å². The van der Waals surface area contributed by atoms with Crippen LogP contribution in [0.2, 0.25) is 0 Å². The average Bonchev–Trinajstić information content (AvgIpc) is 2.80. The van der Waals surface area contributed by atoms with Gasteiger partial charge in [0, 0.05) is 9.75 Å². The Morgan fingerprint density at radius 3 is 2.60 bits per heavy atom. The molecule has 20 heavy (non-hydrogen) atoms. The first-order chi connectivity index (χ1) is 9.38. The average molecular weight is 294 g/mol. The Balaban J connectivity index is 2.33. The Morgan fingerprint density at radius 2 is 2.05 bits per heavy atom. The van der Waals surface area contributed by atoms with Crippen LogP contribution in [0, 0.1) is 29.8 Å². The van der Waals surface area contributed by atoms with Crippen molar-refractivity contribution in [3.8, 4) is 0 Å². The first-order valence-corrected chi connectivity index (χ1v) is 6.97. The number of anilines is 1. The van der Waals surface area contributed by atoms with E-state index in [1.807, 2.05) is 26.0 Å². The lowest BCUT2D eigenvalue weighted by Crippen LogP contribution is -2.08. The molecular weight excluding hydrogens is 279 g/mol. The maximum Gasteiger partial charge on any atom is 0.295 e. The lowest BCUT2D eigenvalue weighted by molar-refractivity contribution is -0.384. The molecule has 2 aromatic rings. The summed E-state index contributed by atoms with van der Waals surface area (Å²) in [7, 11) is 0. The van der Waals surface area contributed by atoms with E-state index in [0.717, 1.165) is 10.9 Å². The maximum absolute atomic E-state index is 13.5. The minimum absolute atomic E-state index is 0.0720. The standard InChI is InChI=1S/C14H15FN2O2S/c1-8-6-12(13(17(18)19)7-11(8)15)16-10(3)14-5-4-9(2)20-14/h4-7,10,16H,1-3H3. The molecule has 1 N–H and O–H groups in total. The van der Waals surface area contributed by atoms with Crippen LogP contribution in [0.15, 0.2) is 24.3 Å². The normalized spacial score (nSPS) is 12.2. The first kappa shape index (κ1) is 14.5. The fraction of sp³-hybridized carbons (Fsp3) is 0.286. The van der Waals surface area contributed by atoms with Crippen LogP contribution in [0.3, 0.4) is 0 Å². The van der Waals surface area contributed by atoms with Gasteiger partial charge in [-0.2, -0.15) is 0 Å². The van der Waals surface area contributed by atoms with E-state index in [4.69, 9.17) is 0 Å². The maximum atomic E-state index is 13.5. The van der Waals surface area contributed by atoms with Crippen molar-refractivity contribution in [3.05, 3.63) is 55.5 Å². The Labute approximate surface area is 120 Å². The van der Waals surface area contributed by atoms with Gasteiger partial charge in [0.1, 0.15) is 11.5 Å². The van der Waals surface area contributed by atoms with Crippen LogP contribution in [0.1, 0.15) is 28.3 Å². The van der Waals surface area contributed by atoms with Crippen LogP contribution in [0.5, 0.6) is 0 Å². The third-order valence-corrected chi connectivity index (χ3v) is 4.22. The lowest BCUT2D eigenvalue weighted by atomic mass is 10.1. The summed E-state index contributed by atoms with van der Waals surface area (Å²) < 4.78 is 13.5. The van der Waals surface area contributed by atoms with Gasteiger partial charge in [-0.1, -0.05) is 0 Å². The SMILES string of the molecule is Cc1ccc(C(C)Nc2cc(C)c(F)cc2[N+](=O)[O-])s1. The third-order valence-electron chi connectivity index (χ3n) is 3.03. The fourth-order valence-electron chi connectivity index (χ4n) is 1.93. The van der Waals surface area contributed by atoms with E-state index in [9.17, 15) is 14.5 Å². The zero-order valence-electron chi connectivity index (χ0n) is 11.4. The number of thiophene rings is 1. The molecular formula is C14H15FN2O2S. The molecule has 0 aliphatic rings. The second kappa shape index (κ2) is 5.58. The summed E-state index contributed by atoms with van der Waals surface area (Å²) in [4.78, 5) is 12.7. The summed E-state index contributed by atoms with van der Waals surface area (Å²) in [6, 6.07) is 6.36. The third kappa shape index (κ3) is 2.96. The van der Waals surface area contributed by atoms with Crippen LogP contribution in [-0.2, 0) is 0 Å². The monoisotopic (exact) mass is 294 g/mol. The van der Waals surface area contributed by atoms with Gasteiger partial charge >= 0.3 is 0 Å². The summed E-state index contributed by atoms with van der Waals surface area (Å²) in [5.74, 6) is -0.568. The quantitative estimate of drug-likeness (QED) is 0.663. The highest BCUT2D eigenvalue weighted by atomic mass is 32.1. The van der Waals surface area contributed by atoms with E-state index in [1.165, 1.54) is 10.9 Å². The molecule has 0 aliphatic heterocycles. The van der Waals surface area contributed by atoms with Gasteiger partial charge in [0.15, 0.2) is 0 Å². The minimum atomic E-state index is -0.572. The Morgan fingerprint density at radius 1 is 1.35 bits per heavy atom. The molecule has 2 rings (SSSR count). The molecule has 6 heteroatoms. The van der Waals surface area contributed by atoms with Crippen molar-refractivity contribution in [1.82, 2.24) is 0 Å². The van der Waals surface area contributed by atoms with Crippen molar-refractivity contribution in [3.63, 3.8) is 0 Å². The van der Waals surface area contributed by atoms with Crippen molar-refractivity contribution in [2.24, 2.45) is 0 Å². The predicted octanol–water partition coefficient (Wildman–Crippen LogP) is 4.59. The molecule has 0 saturated carbocycles. The van der Waals surface area contributed by atoms with Gasteiger partial charge < -0.3 is 5.32 Å². The predicted molar refractivity (Wildman–Crippen MR) is 78.9 cm³/mol. The van der Waals surface area contributed by atoms with Gasteiger partial charge in [0.2, 0.25) is 0 Å². The van der Waals surface area contributed by atoms with E-state index in [1.54, 1.807) is 18.3 Å². The Bertz CT molecular complexity index is 655. The number of nitrogens with zero attached hydrogens (tertiary/aromatic N) is 1. The molecule has 0 radical (unpaired) electrons. The summed E-state index contributed by atoms with van der Waals surface area (Å²) in [6.45, 7) is 5.52. The van der Waals surface area contributed by atoms with Crippen molar-refractivity contribution < 1.29 is 9.31 Å². The number of benzene rings is 1. The lowest BCUT2D eigenvalue weighted by Gasteiger charge is -2.14. The molecule has 0 amide bonds. The number of hydrogen-bond donors (Lipinski definition) is 1. The molecule has 1 unspecified atom stereocenters. The van der Waals surface area contributed by atoms with E-state index >= 15 is 0 Å². The molecule has 0 fully saturated rings. The van der Waals surface area contributed by atoms with Crippen molar-refractivity contribution in [2.45, 2.75) is 26.8 Å². The Hall–Kier alpha value is -1.95. The number of aryl methyl sites for hydroxylation is 2. The summed E-state index contributed by atoms with van der Waals surface area (Å²) in [5, 5.41) is 14.1. The summed E-state index contributed by atoms with van der Waals surface area (Å²) in [5.41, 5.74) is 0.480. The zero-order valence-corrected chi connectivity index (χ0v) is 12.3. The number of rotatable bonds is 4. The van der Waals surface area contributed by atoms with Gasteiger partial charge in [-0.05, 0) is 44.5 Å². The molecule has 0 spiro atoms. The van der Waals surface area contributed by atoms with Crippen molar-refractivity contribution in [2.75, 3.05) is 5.32 Å². The fourth-order valence-corrected chi connectivity index (χ4v) is 2.81. The number of nitrogens with one attached hydrogen (secondary N) is 1. The number of halogens is 1. The molecule has 0 saturated heterocycles. The van der Waals surface area contributed by atoms with Crippen LogP contribution in [-0.4, -0.2) is 4.92 Å².